The topological polar surface area (TPSA) is 97.0 Å². The molecule has 0 radical (unpaired) electrons. The Hall–Kier alpha value is -3.39. The molecular formula is C24H21ClFNO6. The van der Waals surface area contributed by atoms with Crippen LogP contribution < -0.4 is 10.4 Å². The Morgan fingerprint density at radius 2 is 2.00 bits per heavy atom. The first-order valence-corrected chi connectivity index (χ1v) is 10.8. The van der Waals surface area contributed by atoms with Crippen molar-refractivity contribution in [3.8, 4) is 16.9 Å². The molecule has 1 aliphatic rings. The highest BCUT2D eigenvalue weighted by molar-refractivity contribution is 6.33. The van der Waals surface area contributed by atoms with Crippen LogP contribution in [0, 0.1) is 11.7 Å². The number of fused-ring (bicyclic) bond motifs is 1. The molecule has 2 heterocycles. The van der Waals surface area contributed by atoms with Crippen LogP contribution in [0.1, 0.15) is 19.8 Å². The average molecular weight is 474 g/mol. The zero-order valence-corrected chi connectivity index (χ0v) is 18.5. The Labute approximate surface area is 193 Å². The molecule has 1 fully saturated rings. The molecule has 2 atom stereocenters. The van der Waals surface area contributed by atoms with Crippen molar-refractivity contribution in [3.05, 3.63) is 63.7 Å². The van der Waals surface area contributed by atoms with Crippen LogP contribution in [0.25, 0.3) is 22.1 Å². The van der Waals surface area contributed by atoms with Crippen LogP contribution in [-0.2, 0) is 9.59 Å². The van der Waals surface area contributed by atoms with Crippen molar-refractivity contribution in [3.63, 3.8) is 0 Å². The van der Waals surface area contributed by atoms with E-state index in [9.17, 15) is 23.9 Å². The summed E-state index contributed by atoms with van der Waals surface area (Å²) in [7, 11) is 0. The lowest BCUT2D eigenvalue weighted by molar-refractivity contribution is -0.147. The predicted molar refractivity (Wildman–Crippen MR) is 120 cm³/mol. The first-order chi connectivity index (χ1) is 15.7. The van der Waals surface area contributed by atoms with E-state index in [1.165, 1.54) is 29.2 Å². The smallest absolute Gasteiger partial charge is 0.336 e. The molecule has 0 spiro atoms. The van der Waals surface area contributed by atoms with Crippen LogP contribution in [0.15, 0.2) is 51.7 Å². The summed E-state index contributed by atoms with van der Waals surface area (Å²) in [5, 5.41) is 9.96. The van der Waals surface area contributed by atoms with E-state index in [0.29, 0.717) is 41.6 Å². The quantitative estimate of drug-likeness (QED) is 0.553. The SMILES string of the molecule is CC(Oc1ccc2c(-c3ccc(F)cc3Cl)cc(=O)oc2c1)C(=O)N1CCC[C@@H](C(=O)O)C1. The molecule has 1 aromatic heterocycles. The van der Waals surface area contributed by atoms with Crippen molar-refractivity contribution < 1.29 is 28.2 Å². The van der Waals surface area contributed by atoms with E-state index in [0.717, 1.165) is 6.07 Å². The third-order valence-corrected chi connectivity index (χ3v) is 5.99. The normalized spacial score (nSPS) is 17.1. The monoisotopic (exact) mass is 473 g/mol. The minimum Gasteiger partial charge on any atom is -0.481 e. The number of hydrogen-bond donors (Lipinski definition) is 1. The lowest BCUT2D eigenvalue weighted by Gasteiger charge is -2.32. The van der Waals surface area contributed by atoms with Crippen LogP contribution in [0.5, 0.6) is 5.75 Å². The summed E-state index contributed by atoms with van der Waals surface area (Å²) in [6.07, 6.45) is 0.292. The zero-order valence-electron chi connectivity index (χ0n) is 17.7. The molecule has 0 saturated carbocycles. The van der Waals surface area contributed by atoms with Gasteiger partial charge in [0, 0.05) is 41.7 Å². The minimum absolute atomic E-state index is 0.149. The van der Waals surface area contributed by atoms with Crippen molar-refractivity contribution >= 4 is 34.4 Å². The number of carboxylic acid groups (broad SMARTS) is 1. The molecule has 4 rings (SSSR count). The van der Waals surface area contributed by atoms with Crippen LogP contribution >= 0.6 is 11.6 Å². The molecule has 0 aliphatic carbocycles. The molecule has 33 heavy (non-hydrogen) atoms. The lowest BCUT2D eigenvalue weighted by atomic mass is 9.98. The predicted octanol–water partition coefficient (Wildman–Crippen LogP) is 4.34. The molecule has 1 unspecified atom stereocenters. The van der Waals surface area contributed by atoms with E-state index in [2.05, 4.69) is 0 Å². The maximum atomic E-state index is 13.5. The van der Waals surface area contributed by atoms with Crippen LogP contribution in [0.2, 0.25) is 5.02 Å². The van der Waals surface area contributed by atoms with Gasteiger partial charge < -0.3 is 19.2 Å². The van der Waals surface area contributed by atoms with E-state index < -0.39 is 29.4 Å². The van der Waals surface area contributed by atoms with E-state index >= 15 is 0 Å². The van der Waals surface area contributed by atoms with Gasteiger partial charge in [-0.05, 0) is 50.1 Å². The standard InChI is InChI=1S/C24H21ClFNO6/c1-13(23(29)27-8-2-3-14(12-27)24(30)31)32-16-5-7-18-19(11-22(28)33-21(18)10-16)17-6-4-15(26)9-20(17)25/h4-7,9-11,13-14H,2-3,8,12H2,1H3,(H,30,31)/t13?,14-/m1/s1. The lowest BCUT2D eigenvalue weighted by Crippen LogP contribution is -2.47. The molecule has 9 heteroatoms. The van der Waals surface area contributed by atoms with Gasteiger partial charge in [-0.25, -0.2) is 9.18 Å². The summed E-state index contributed by atoms with van der Waals surface area (Å²) < 4.78 is 24.5. The average Bonchev–Trinajstić information content (AvgIpc) is 2.78. The van der Waals surface area contributed by atoms with E-state index in [1.807, 2.05) is 0 Å². The first-order valence-electron chi connectivity index (χ1n) is 10.4. The number of nitrogens with zero attached hydrogens (tertiary/aromatic N) is 1. The number of likely N-dealkylation sites (tertiary alicyclic amines) is 1. The third kappa shape index (κ3) is 4.85. The Kier molecular flexibility index (Phi) is 6.37. The number of halogens is 2. The van der Waals surface area contributed by atoms with Gasteiger partial charge in [-0.3, -0.25) is 9.59 Å². The van der Waals surface area contributed by atoms with Gasteiger partial charge >= 0.3 is 11.6 Å². The largest absolute Gasteiger partial charge is 0.481 e. The molecule has 1 amide bonds. The second-order valence-electron chi connectivity index (χ2n) is 7.98. The first kappa shape index (κ1) is 22.8. The number of ether oxygens (including phenoxy) is 1. The molecule has 7 nitrogen and oxygen atoms in total. The number of carbonyl (C=O) groups excluding carboxylic acids is 1. The number of rotatable bonds is 5. The van der Waals surface area contributed by atoms with E-state index in [-0.39, 0.29) is 23.1 Å². The summed E-state index contributed by atoms with van der Waals surface area (Å²) in [5.74, 6) is -1.99. The number of piperidine rings is 1. The number of carboxylic acids is 1. The van der Waals surface area contributed by atoms with Gasteiger partial charge in [-0.1, -0.05) is 11.6 Å². The van der Waals surface area contributed by atoms with Gasteiger partial charge in [0.2, 0.25) is 0 Å². The summed E-state index contributed by atoms with van der Waals surface area (Å²) in [5.41, 5.74) is 0.562. The van der Waals surface area contributed by atoms with E-state index in [4.69, 9.17) is 20.8 Å². The van der Waals surface area contributed by atoms with Crippen LogP contribution in [0.3, 0.4) is 0 Å². The fraction of sp³-hybridized carbons (Fsp3) is 0.292. The van der Waals surface area contributed by atoms with Crippen molar-refractivity contribution in [2.24, 2.45) is 5.92 Å². The Balaban J connectivity index is 1.59. The van der Waals surface area contributed by atoms with Crippen LogP contribution in [0.4, 0.5) is 4.39 Å². The molecule has 1 N–H and O–H groups in total. The van der Waals surface area contributed by atoms with Gasteiger partial charge in [0.05, 0.1) is 10.9 Å². The van der Waals surface area contributed by atoms with Gasteiger partial charge in [0.15, 0.2) is 6.10 Å². The molecule has 3 aromatic rings. The second kappa shape index (κ2) is 9.23. The summed E-state index contributed by atoms with van der Waals surface area (Å²) >= 11 is 6.18. The Morgan fingerprint density at radius 3 is 2.73 bits per heavy atom. The summed E-state index contributed by atoms with van der Waals surface area (Å²) in [6, 6.07) is 9.98. The molecule has 1 aliphatic heterocycles. The maximum Gasteiger partial charge on any atom is 0.336 e. The molecule has 172 valence electrons. The van der Waals surface area contributed by atoms with Crippen molar-refractivity contribution in [1.29, 1.82) is 0 Å². The third-order valence-electron chi connectivity index (χ3n) is 5.68. The van der Waals surface area contributed by atoms with Gasteiger partial charge in [0.1, 0.15) is 17.1 Å². The number of benzene rings is 2. The molecule has 2 aromatic carbocycles. The number of aliphatic carboxylic acids is 1. The van der Waals surface area contributed by atoms with Crippen molar-refractivity contribution in [2.45, 2.75) is 25.9 Å². The van der Waals surface area contributed by atoms with Gasteiger partial charge in [-0.15, -0.1) is 0 Å². The maximum absolute atomic E-state index is 13.5. The fourth-order valence-electron chi connectivity index (χ4n) is 4.04. The Morgan fingerprint density at radius 1 is 1.21 bits per heavy atom. The highest BCUT2D eigenvalue weighted by Crippen LogP contribution is 2.34. The molecular weight excluding hydrogens is 453 g/mol. The van der Waals surface area contributed by atoms with Crippen molar-refractivity contribution in [2.75, 3.05) is 13.1 Å². The summed E-state index contributed by atoms with van der Waals surface area (Å²) in [4.78, 5) is 37.7. The Bertz CT molecular complexity index is 1290. The number of amides is 1. The van der Waals surface area contributed by atoms with Crippen LogP contribution in [-0.4, -0.2) is 41.1 Å². The molecule has 1 saturated heterocycles. The second-order valence-corrected chi connectivity index (χ2v) is 8.39. The highest BCUT2D eigenvalue weighted by atomic mass is 35.5. The molecule has 0 bridgehead atoms. The number of carbonyl (C=O) groups is 2. The summed E-state index contributed by atoms with van der Waals surface area (Å²) in [6.45, 7) is 2.21. The minimum atomic E-state index is -0.914. The zero-order chi connectivity index (χ0) is 23.7. The van der Waals surface area contributed by atoms with Gasteiger partial charge in [0.25, 0.3) is 5.91 Å². The van der Waals surface area contributed by atoms with Crippen molar-refractivity contribution in [1.82, 2.24) is 4.90 Å². The van der Waals surface area contributed by atoms with E-state index in [1.54, 1.807) is 19.1 Å². The fourth-order valence-corrected chi connectivity index (χ4v) is 4.31. The number of hydrogen-bond acceptors (Lipinski definition) is 5. The van der Waals surface area contributed by atoms with Gasteiger partial charge in [-0.2, -0.15) is 0 Å². The highest BCUT2D eigenvalue weighted by Gasteiger charge is 2.31.